The molecule has 3 nitrogen and oxygen atoms in total. The van der Waals surface area contributed by atoms with Crippen LogP contribution in [0.2, 0.25) is 0 Å². The van der Waals surface area contributed by atoms with Crippen molar-refractivity contribution in [1.82, 2.24) is 10.3 Å². The van der Waals surface area contributed by atoms with Crippen LogP contribution < -0.4 is 5.32 Å². The Morgan fingerprint density at radius 1 is 1.24 bits per heavy atom. The average molecular weight is 304 g/mol. The van der Waals surface area contributed by atoms with Gasteiger partial charge in [0.05, 0.1) is 5.69 Å². The summed E-state index contributed by atoms with van der Waals surface area (Å²) in [6.45, 7) is 8.88. The van der Waals surface area contributed by atoms with Gasteiger partial charge in [0, 0.05) is 23.6 Å². The Bertz CT molecular complexity index is 539. The predicted octanol–water partition coefficient (Wildman–Crippen LogP) is 4.41. The van der Waals surface area contributed by atoms with Crippen molar-refractivity contribution in [2.75, 3.05) is 13.2 Å². The first-order valence-corrected chi connectivity index (χ1v) is 8.45. The van der Waals surface area contributed by atoms with Gasteiger partial charge in [-0.2, -0.15) is 0 Å². The van der Waals surface area contributed by atoms with Crippen LogP contribution in [0.5, 0.6) is 0 Å². The third-order valence-electron chi connectivity index (χ3n) is 3.24. The molecule has 1 aromatic carbocycles. The highest BCUT2D eigenvalue weighted by atomic mass is 32.1. The molecule has 0 aliphatic rings. The summed E-state index contributed by atoms with van der Waals surface area (Å²) in [5, 5.41) is 4.53. The molecule has 0 aliphatic carbocycles. The molecule has 1 atom stereocenters. The first-order chi connectivity index (χ1) is 10.3. The Balaban J connectivity index is 2.27. The molecule has 0 radical (unpaired) electrons. The SMILES string of the molecule is CCCNCc1sc(C(C)OCC)nc1-c1ccccc1. The third-order valence-corrected chi connectivity index (χ3v) is 4.45. The maximum absolute atomic E-state index is 5.69. The molecule has 0 amide bonds. The lowest BCUT2D eigenvalue weighted by molar-refractivity contribution is 0.0762. The van der Waals surface area contributed by atoms with Crippen LogP contribution in [0.25, 0.3) is 11.3 Å². The van der Waals surface area contributed by atoms with Crippen molar-refractivity contribution < 1.29 is 4.74 Å². The standard InChI is InChI=1S/C17H24N2OS/c1-4-11-18-12-15-16(14-9-7-6-8-10-14)19-17(21-15)13(3)20-5-2/h6-10,13,18H,4-5,11-12H2,1-3H3. The predicted molar refractivity (Wildman–Crippen MR) is 89.6 cm³/mol. The number of benzene rings is 1. The quantitative estimate of drug-likeness (QED) is 0.734. The van der Waals surface area contributed by atoms with E-state index in [2.05, 4.69) is 43.4 Å². The minimum absolute atomic E-state index is 0.0578. The maximum Gasteiger partial charge on any atom is 0.122 e. The van der Waals surface area contributed by atoms with E-state index in [0.717, 1.165) is 30.2 Å². The van der Waals surface area contributed by atoms with Crippen LogP contribution in [0.3, 0.4) is 0 Å². The van der Waals surface area contributed by atoms with Gasteiger partial charge in [-0.05, 0) is 26.8 Å². The summed E-state index contributed by atoms with van der Waals surface area (Å²) in [6.07, 6.45) is 1.20. The van der Waals surface area contributed by atoms with Crippen LogP contribution in [0.1, 0.15) is 43.2 Å². The third kappa shape index (κ3) is 4.37. The van der Waals surface area contributed by atoms with Crippen molar-refractivity contribution in [3.05, 3.63) is 40.2 Å². The first-order valence-electron chi connectivity index (χ1n) is 7.63. The summed E-state index contributed by atoms with van der Waals surface area (Å²) in [5.74, 6) is 0. The highest BCUT2D eigenvalue weighted by Crippen LogP contribution is 2.32. The Hall–Kier alpha value is -1.23. The number of rotatable bonds is 8. The number of thiazole rings is 1. The lowest BCUT2D eigenvalue weighted by atomic mass is 10.1. The van der Waals surface area contributed by atoms with Gasteiger partial charge < -0.3 is 10.1 Å². The Labute approximate surface area is 131 Å². The second-order valence-electron chi connectivity index (χ2n) is 4.96. The summed E-state index contributed by atoms with van der Waals surface area (Å²) in [7, 11) is 0. The molecule has 1 N–H and O–H groups in total. The minimum atomic E-state index is 0.0578. The molecule has 0 saturated carbocycles. The Morgan fingerprint density at radius 3 is 2.67 bits per heavy atom. The number of nitrogens with one attached hydrogen (secondary N) is 1. The van der Waals surface area contributed by atoms with Gasteiger partial charge in [0.15, 0.2) is 0 Å². The molecule has 114 valence electrons. The molecule has 2 aromatic rings. The molecule has 1 unspecified atom stereocenters. The molecule has 0 bridgehead atoms. The highest BCUT2D eigenvalue weighted by Gasteiger charge is 2.16. The zero-order chi connectivity index (χ0) is 15.1. The van der Waals surface area contributed by atoms with Crippen molar-refractivity contribution in [3.8, 4) is 11.3 Å². The molecule has 0 saturated heterocycles. The van der Waals surface area contributed by atoms with E-state index in [1.807, 2.05) is 13.0 Å². The van der Waals surface area contributed by atoms with E-state index in [1.165, 1.54) is 10.4 Å². The van der Waals surface area contributed by atoms with Crippen molar-refractivity contribution >= 4 is 11.3 Å². The highest BCUT2D eigenvalue weighted by molar-refractivity contribution is 7.12. The van der Waals surface area contributed by atoms with Crippen molar-refractivity contribution in [1.29, 1.82) is 0 Å². The van der Waals surface area contributed by atoms with Gasteiger partial charge in [0.25, 0.3) is 0 Å². The summed E-state index contributed by atoms with van der Waals surface area (Å²) in [4.78, 5) is 6.12. The van der Waals surface area contributed by atoms with Crippen molar-refractivity contribution in [2.24, 2.45) is 0 Å². The zero-order valence-electron chi connectivity index (χ0n) is 13.1. The second-order valence-corrected chi connectivity index (χ2v) is 6.08. The van der Waals surface area contributed by atoms with Crippen LogP contribution >= 0.6 is 11.3 Å². The Kier molecular flexibility index (Phi) is 6.36. The van der Waals surface area contributed by atoms with Crippen molar-refractivity contribution in [3.63, 3.8) is 0 Å². The fraction of sp³-hybridized carbons (Fsp3) is 0.471. The fourth-order valence-corrected chi connectivity index (χ4v) is 3.24. The lowest BCUT2D eigenvalue weighted by Gasteiger charge is -2.06. The van der Waals surface area contributed by atoms with E-state index in [4.69, 9.17) is 9.72 Å². The van der Waals surface area contributed by atoms with Crippen LogP contribution in [-0.4, -0.2) is 18.1 Å². The first kappa shape index (κ1) is 16.1. The van der Waals surface area contributed by atoms with Gasteiger partial charge in [-0.1, -0.05) is 37.3 Å². The van der Waals surface area contributed by atoms with Crippen LogP contribution in [-0.2, 0) is 11.3 Å². The van der Waals surface area contributed by atoms with E-state index >= 15 is 0 Å². The number of hydrogen-bond donors (Lipinski definition) is 1. The largest absolute Gasteiger partial charge is 0.372 e. The summed E-state index contributed by atoms with van der Waals surface area (Å²) < 4.78 is 5.69. The molecule has 1 heterocycles. The van der Waals surface area contributed by atoms with Crippen LogP contribution in [0.4, 0.5) is 0 Å². The van der Waals surface area contributed by atoms with E-state index in [-0.39, 0.29) is 6.10 Å². The molecular formula is C17H24N2OS. The zero-order valence-corrected chi connectivity index (χ0v) is 13.9. The van der Waals surface area contributed by atoms with Crippen LogP contribution in [0, 0.1) is 0 Å². The molecule has 21 heavy (non-hydrogen) atoms. The number of ether oxygens (including phenoxy) is 1. The topological polar surface area (TPSA) is 34.1 Å². The van der Waals surface area contributed by atoms with Crippen molar-refractivity contribution in [2.45, 2.75) is 39.8 Å². The van der Waals surface area contributed by atoms with Gasteiger partial charge in [0.2, 0.25) is 0 Å². The van der Waals surface area contributed by atoms with Gasteiger partial charge in [-0.25, -0.2) is 4.98 Å². The van der Waals surface area contributed by atoms with Gasteiger partial charge in [-0.3, -0.25) is 0 Å². The van der Waals surface area contributed by atoms with E-state index in [0.29, 0.717) is 6.61 Å². The van der Waals surface area contributed by atoms with E-state index < -0.39 is 0 Å². The van der Waals surface area contributed by atoms with Gasteiger partial charge in [0.1, 0.15) is 11.1 Å². The molecule has 1 aromatic heterocycles. The Morgan fingerprint density at radius 2 is 2.00 bits per heavy atom. The maximum atomic E-state index is 5.69. The summed E-state index contributed by atoms with van der Waals surface area (Å²) in [6, 6.07) is 10.4. The molecule has 0 spiro atoms. The molecule has 2 rings (SSSR count). The number of nitrogens with zero attached hydrogens (tertiary/aromatic N) is 1. The smallest absolute Gasteiger partial charge is 0.122 e. The molecule has 0 aliphatic heterocycles. The van der Waals surface area contributed by atoms with E-state index in [1.54, 1.807) is 11.3 Å². The second kappa shape index (κ2) is 8.27. The fourth-order valence-electron chi connectivity index (χ4n) is 2.19. The van der Waals surface area contributed by atoms with Gasteiger partial charge in [-0.15, -0.1) is 11.3 Å². The monoisotopic (exact) mass is 304 g/mol. The van der Waals surface area contributed by atoms with Crippen LogP contribution in [0.15, 0.2) is 30.3 Å². The molecule has 4 heteroatoms. The number of hydrogen-bond acceptors (Lipinski definition) is 4. The normalized spacial score (nSPS) is 12.5. The average Bonchev–Trinajstić information content (AvgIpc) is 2.93. The van der Waals surface area contributed by atoms with E-state index in [9.17, 15) is 0 Å². The molecular weight excluding hydrogens is 280 g/mol. The molecule has 0 fully saturated rings. The summed E-state index contributed by atoms with van der Waals surface area (Å²) >= 11 is 1.75. The number of aromatic nitrogens is 1. The lowest BCUT2D eigenvalue weighted by Crippen LogP contribution is -2.13. The summed E-state index contributed by atoms with van der Waals surface area (Å²) in [5.41, 5.74) is 2.27. The van der Waals surface area contributed by atoms with Gasteiger partial charge >= 0.3 is 0 Å². The minimum Gasteiger partial charge on any atom is -0.372 e.